The van der Waals surface area contributed by atoms with Gasteiger partial charge in [-0.1, -0.05) is 0 Å². The second kappa shape index (κ2) is 6.89. The van der Waals surface area contributed by atoms with Crippen LogP contribution in [0, 0.1) is 0 Å². The fourth-order valence-corrected chi connectivity index (χ4v) is 2.19. The first-order valence-electron chi connectivity index (χ1n) is 5.45. The molecule has 0 atom stereocenters. The van der Waals surface area contributed by atoms with Crippen molar-refractivity contribution in [2.24, 2.45) is 0 Å². The van der Waals surface area contributed by atoms with Crippen molar-refractivity contribution in [3.05, 3.63) is 29.8 Å². The number of amides is 1. The molecule has 1 aromatic carbocycles. The van der Waals surface area contributed by atoms with Gasteiger partial charge in [0.2, 0.25) is 0 Å². The quantitative estimate of drug-likeness (QED) is 0.835. The average Bonchev–Trinajstić information content (AvgIpc) is 2.39. The predicted molar refractivity (Wildman–Crippen MR) is 74.2 cm³/mol. The van der Waals surface area contributed by atoms with E-state index in [1.54, 1.807) is 11.8 Å². The molecule has 0 unspecified atom stereocenters. The lowest BCUT2D eigenvalue weighted by molar-refractivity contribution is 0.0736. The summed E-state index contributed by atoms with van der Waals surface area (Å²) < 4.78 is 0. The molecule has 2 rings (SSSR count). The summed E-state index contributed by atoms with van der Waals surface area (Å²) >= 11 is 1.69. The Bertz CT molecular complexity index is 363. The maximum Gasteiger partial charge on any atom is 0.253 e. The molecule has 1 aliphatic heterocycles. The van der Waals surface area contributed by atoms with E-state index in [4.69, 9.17) is 0 Å². The van der Waals surface area contributed by atoms with Gasteiger partial charge in [-0.25, -0.2) is 0 Å². The Balaban J connectivity index is 0.00000144. The van der Waals surface area contributed by atoms with Crippen molar-refractivity contribution in [1.82, 2.24) is 10.2 Å². The third-order valence-corrected chi connectivity index (χ3v) is 3.48. The topological polar surface area (TPSA) is 32.3 Å². The van der Waals surface area contributed by atoms with Crippen LogP contribution in [0.4, 0.5) is 0 Å². The van der Waals surface area contributed by atoms with Crippen LogP contribution >= 0.6 is 24.2 Å². The number of hydrogen-bond acceptors (Lipinski definition) is 3. The zero-order chi connectivity index (χ0) is 11.4. The molecule has 0 spiro atoms. The van der Waals surface area contributed by atoms with Crippen molar-refractivity contribution in [1.29, 1.82) is 0 Å². The van der Waals surface area contributed by atoms with Crippen molar-refractivity contribution < 1.29 is 4.79 Å². The Labute approximate surface area is 112 Å². The molecule has 1 amide bonds. The molecule has 0 radical (unpaired) electrons. The van der Waals surface area contributed by atoms with E-state index in [-0.39, 0.29) is 18.3 Å². The SMILES string of the molecule is CSc1ccc(C(=O)N2CCNCC2)cc1.Cl. The van der Waals surface area contributed by atoms with E-state index < -0.39 is 0 Å². The van der Waals surface area contributed by atoms with Gasteiger partial charge in [-0.05, 0) is 30.5 Å². The highest BCUT2D eigenvalue weighted by molar-refractivity contribution is 7.98. The van der Waals surface area contributed by atoms with Crippen LogP contribution in [0.2, 0.25) is 0 Å². The number of piperazine rings is 1. The summed E-state index contributed by atoms with van der Waals surface area (Å²) in [6.07, 6.45) is 2.03. The highest BCUT2D eigenvalue weighted by atomic mass is 35.5. The maximum absolute atomic E-state index is 12.1. The van der Waals surface area contributed by atoms with Crippen LogP contribution in [0.5, 0.6) is 0 Å². The lowest BCUT2D eigenvalue weighted by Crippen LogP contribution is -2.46. The fraction of sp³-hybridized carbons (Fsp3) is 0.417. The molecule has 5 heteroatoms. The first-order chi connectivity index (χ1) is 7.81. The molecular formula is C12H17ClN2OS. The third-order valence-electron chi connectivity index (χ3n) is 2.74. The summed E-state index contributed by atoms with van der Waals surface area (Å²) in [5.41, 5.74) is 0.791. The zero-order valence-electron chi connectivity index (χ0n) is 9.81. The first-order valence-corrected chi connectivity index (χ1v) is 6.68. The van der Waals surface area contributed by atoms with Crippen molar-refractivity contribution in [2.45, 2.75) is 4.90 Å². The lowest BCUT2D eigenvalue weighted by Gasteiger charge is -2.27. The molecule has 0 aromatic heterocycles. The van der Waals surface area contributed by atoms with Crippen LogP contribution in [-0.4, -0.2) is 43.2 Å². The molecule has 0 bridgehead atoms. The smallest absolute Gasteiger partial charge is 0.253 e. The maximum atomic E-state index is 12.1. The summed E-state index contributed by atoms with van der Waals surface area (Å²) in [4.78, 5) is 15.2. The van der Waals surface area contributed by atoms with E-state index in [1.807, 2.05) is 35.4 Å². The minimum atomic E-state index is 0. The molecule has 1 fully saturated rings. The number of thioether (sulfide) groups is 1. The van der Waals surface area contributed by atoms with Gasteiger partial charge < -0.3 is 10.2 Å². The normalized spacial score (nSPS) is 15.2. The zero-order valence-corrected chi connectivity index (χ0v) is 11.4. The standard InChI is InChI=1S/C12H16N2OS.ClH/c1-16-11-4-2-10(3-5-11)12(15)14-8-6-13-7-9-14;/h2-5,13H,6-9H2,1H3;1H. The van der Waals surface area contributed by atoms with Gasteiger partial charge in [0.15, 0.2) is 0 Å². The molecule has 1 aromatic rings. The van der Waals surface area contributed by atoms with Crippen molar-refractivity contribution in [3.63, 3.8) is 0 Å². The van der Waals surface area contributed by atoms with Crippen molar-refractivity contribution in [2.75, 3.05) is 32.4 Å². The number of halogens is 1. The highest BCUT2D eigenvalue weighted by Gasteiger charge is 2.17. The van der Waals surface area contributed by atoms with Crippen LogP contribution < -0.4 is 5.32 Å². The predicted octanol–water partition coefficient (Wildman–Crippen LogP) is 1.88. The lowest BCUT2D eigenvalue weighted by atomic mass is 10.2. The molecule has 1 N–H and O–H groups in total. The van der Waals surface area contributed by atoms with Crippen LogP contribution in [0.3, 0.4) is 0 Å². The largest absolute Gasteiger partial charge is 0.336 e. The van der Waals surface area contributed by atoms with Crippen molar-refractivity contribution in [3.8, 4) is 0 Å². The molecule has 1 aliphatic rings. The average molecular weight is 273 g/mol. The molecular weight excluding hydrogens is 256 g/mol. The van der Waals surface area contributed by atoms with E-state index in [0.29, 0.717) is 0 Å². The number of nitrogens with one attached hydrogen (secondary N) is 1. The number of nitrogens with zero attached hydrogens (tertiary/aromatic N) is 1. The molecule has 1 heterocycles. The number of hydrogen-bond donors (Lipinski definition) is 1. The van der Waals surface area contributed by atoms with Gasteiger partial charge in [0.1, 0.15) is 0 Å². The number of rotatable bonds is 2. The van der Waals surface area contributed by atoms with Gasteiger partial charge in [-0.3, -0.25) is 4.79 Å². The molecule has 17 heavy (non-hydrogen) atoms. The van der Waals surface area contributed by atoms with Crippen LogP contribution in [0.15, 0.2) is 29.2 Å². The highest BCUT2D eigenvalue weighted by Crippen LogP contribution is 2.16. The van der Waals surface area contributed by atoms with E-state index in [2.05, 4.69) is 5.32 Å². The second-order valence-electron chi connectivity index (χ2n) is 3.77. The monoisotopic (exact) mass is 272 g/mol. The molecule has 3 nitrogen and oxygen atoms in total. The Kier molecular flexibility index (Phi) is 5.82. The molecule has 0 aliphatic carbocycles. The van der Waals surface area contributed by atoms with Crippen LogP contribution in [-0.2, 0) is 0 Å². The van der Waals surface area contributed by atoms with Gasteiger partial charge in [0.25, 0.3) is 5.91 Å². The Morgan fingerprint density at radius 1 is 1.24 bits per heavy atom. The van der Waals surface area contributed by atoms with E-state index in [1.165, 1.54) is 4.90 Å². The summed E-state index contributed by atoms with van der Waals surface area (Å²) in [6.45, 7) is 3.41. The van der Waals surface area contributed by atoms with Crippen LogP contribution in [0.1, 0.15) is 10.4 Å². The van der Waals surface area contributed by atoms with E-state index >= 15 is 0 Å². The summed E-state index contributed by atoms with van der Waals surface area (Å²) in [6, 6.07) is 7.83. The summed E-state index contributed by atoms with van der Waals surface area (Å²) in [5, 5.41) is 3.24. The Morgan fingerprint density at radius 2 is 1.82 bits per heavy atom. The molecule has 1 saturated heterocycles. The Hall–Kier alpha value is -0.710. The van der Waals surface area contributed by atoms with Crippen molar-refractivity contribution >= 4 is 30.1 Å². The second-order valence-corrected chi connectivity index (χ2v) is 4.65. The van der Waals surface area contributed by atoms with Gasteiger partial charge in [0.05, 0.1) is 0 Å². The first kappa shape index (κ1) is 14.4. The van der Waals surface area contributed by atoms with Gasteiger partial charge in [-0.15, -0.1) is 24.2 Å². The van der Waals surface area contributed by atoms with Crippen LogP contribution in [0.25, 0.3) is 0 Å². The van der Waals surface area contributed by atoms with E-state index in [0.717, 1.165) is 31.7 Å². The van der Waals surface area contributed by atoms with E-state index in [9.17, 15) is 4.79 Å². The number of carbonyl (C=O) groups is 1. The summed E-state index contributed by atoms with van der Waals surface area (Å²) in [5.74, 6) is 0.147. The number of benzene rings is 1. The minimum Gasteiger partial charge on any atom is -0.336 e. The van der Waals surface area contributed by atoms with Gasteiger partial charge in [0, 0.05) is 36.6 Å². The molecule has 94 valence electrons. The summed E-state index contributed by atoms with van der Waals surface area (Å²) in [7, 11) is 0. The van der Waals surface area contributed by atoms with Gasteiger partial charge >= 0.3 is 0 Å². The fourth-order valence-electron chi connectivity index (χ4n) is 1.78. The minimum absolute atomic E-state index is 0. The third kappa shape index (κ3) is 3.63. The Morgan fingerprint density at radius 3 is 2.35 bits per heavy atom. The molecule has 0 saturated carbocycles. The van der Waals surface area contributed by atoms with Gasteiger partial charge in [-0.2, -0.15) is 0 Å². The number of carbonyl (C=O) groups excluding carboxylic acids is 1.